The number of urea groups is 1. The first-order valence-corrected chi connectivity index (χ1v) is 10.5. The normalized spacial score (nSPS) is 24.2. The minimum Gasteiger partial charge on any atom is -0.466 e. The number of fused-ring (bicyclic) bond motifs is 2. The number of nitriles is 1. The second-order valence-electron chi connectivity index (χ2n) is 8.22. The Bertz CT molecular complexity index is 880. The molecule has 2 aliphatic heterocycles. The molecule has 6 heteroatoms. The Morgan fingerprint density at radius 2 is 1.97 bits per heavy atom. The van der Waals surface area contributed by atoms with Gasteiger partial charge in [0.1, 0.15) is 0 Å². The average Bonchev–Trinajstić information content (AvgIpc) is 3.07. The van der Waals surface area contributed by atoms with E-state index in [1.54, 1.807) is 6.07 Å². The fourth-order valence-electron chi connectivity index (χ4n) is 5.14. The summed E-state index contributed by atoms with van der Waals surface area (Å²) < 4.78 is 5.11. The highest BCUT2D eigenvalue weighted by molar-refractivity contribution is 6.01. The number of ether oxygens (including phenoxy) is 1. The van der Waals surface area contributed by atoms with Crippen molar-refractivity contribution in [2.75, 3.05) is 7.11 Å². The predicted molar refractivity (Wildman–Crippen MR) is 109 cm³/mol. The van der Waals surface area contributed by atoms with Crippen LogP contribution in [0, 0.1) is 11.3 Å². The molecule has 2 fully saturated rings. The van der Waals surface area contributed by atoms with E-state index in [2.05, 4.69) is 11.4 Å². The van der Waals surface area contributed by atoms with Crippen LogP contribution in [0.5, 0.6) is 0 Å². The molecule has 2 amide bonds. The molecule has 152 valence electrons. The van der Waals surface area contributed by atoms with Crippen LogP contribution in [-0.2, 0) is 9.53 Å². The van der Waals surface area contributed by atoms with Crippen molar-refractivity contribution in [1.82, 2.24) is 10.2 Å². The molecule has 2 bridgehead atoms. The van der Waals surface area contributed by atoms with Gasteiger partial charge in [-0.1, -0.05) is 31.4 Å². The van der Waals surface area contributed by atoms with E-state index >= 15 is 0 Å². The van der Waals surface area contributed by atoms with Crippen molar-refractivity contribution in [2.45, 2.75) is 69.5 Å². The number of carbonyl (C=O) groups is 2. The van der Waals surface area contributed by atoms with Gasteiger partial charge in [-0.15, -0.1) is 0 Å². The minimum absolute atomic E-state index is 0.0596. The van der Waals surface area contributed by atoms with Crippen LogP contribution in [0.2, 0.25) is 0 Å². The van der Waals surface area contributed by atoms with Gasteiger partial charge in [-0.25, -0.2) is 9.59 Å². The molecule has 6 nitrogen and oxygen atoms in total. The van der Waals surface area contributed by atoms with Gasteiger partial charge in [0.15, 0.2) is 0 Å². The van der Waals surface area contributed by atoms with Gasteiger partial charge in [-0.2, -0.15) is 5.26 Å². The van der Waals surface area contributed by atoms with Crippen molar-refractivity contribution in [3.8, 4) is 6.07 Å². The van der Waals surface area contributed by atoms with Crippen LogP contribution in [0.4, 0.5) is 4.79 Å². The number of carbonyl (C=O) groups excluding carboxylic acids is 2. The summed E-state index contributed by atoms with van der Waals surface area (Å²) >= 11 is 0. The second kappa shape index (κ2) is 8.28. The van der Waals surface area contributed by atoms with Crippen LogP contribution < -0.4 is 5.32 Å². The topological polar surface area (TPSA) is 82.4 Å². The molecule has 2 atom stereocenters. The van der Waals surface area contributed by atoms with Crippen molar-refractivity contribution in [1.29, 1.82) is 5.26 Å². The zero-order valence-corrected chi connectivity index (χ0v) is 16.8. The molecule has 0 unspecified atom stereocenters. The molecule has 1 saturated heterocycles. The summed E-state index contributed by atoms with van der Waals surface area (Å²) in [6.07, 6.45) is 7.84. The molecule has 4 rings (SSSR count). The molecule has 0 radical (unpaired) electrons. The lowest BCUT2D eigenvalue weighted by Gasteiger charge is -2.38. The number of benzene rings is 1. The quantitative estimate of drug-likeness (QED) is 0.793. The minimum atomic E-state index is -0.386. The van der Waals surface area contributed by atoms with Gasteiger partial charge in [-0.3, -0.25) is 0 Å². The molecule has 0 spiro atoms. The highest BCUT2D eigenvalue weighted by Crippen LogP contribution is 2.43. The fourth-order valence-corrected chi connectivity index (χ4v) is 5.14. The molecule has 29 heavy (non-hydrogen) atoms. The lowest BCUT2D eigenvalue weighted by atomic mass is 9.88. The molecule has 3 aliphatic rings. The first kappa shape index (κ1) is 19.5. The molecular weight excluding hydrogens is 366 g/mol. The van der Waals surface area contributed by atoms with Crippen molar-refractivity contribution < 1.29 is 14.3 Å². The number of hydrogen-bond donors (Lipinski definition) is 1. The summed E-state index contributed by atoms with van der Waals surface area (Å²) in [6, 6.07) is 9.46. The number of amides is 2. The average molecular weight is 393 g/mol. The molecule has 1 aliphatic carbocycles. The van der Waals surface area contributed by atoms with Crippen molar-refractivity contribution in [3.63, 3.8) is 0 Å². The smallest absolute Gasteiger partial charge is 0.336 e. The zero-order valence-electron chi connectivity index (χ0n) is 16.8. The summed E-state index contributed by atoms with van der Waals surface area (Å²) in [7, 11) is 1.38. The summed E-state index contributed by atoms with van der Waals surface area (Å²) in [5, 5.41) is 12.5. The lowest BCUT2D eigenvalue weighted by molar-refractivity contribution is -0.136. The maximum atomic E-state index is 13.1. The summed E-state index contributed by atoms with van der Waals surface area (Å²) in [6.45, 7) is 0. The van der Waals surface area contributed by atoms with Gasteiger partial charge in [-0.05, 0) is 55.4 Å². The van der Waals surface area contributed by atoms with E-state index in [4.69, 9.17) is 4.74 Å². The number of nitrogens with one attached hydrogen (secondary N) is 1. The van der Waals surface area contributed by atoms with Gasteiger partial charge in [0.2, 0.25) is 0 Å². The SMILES string of the molecule is COC(=O)C1=C(c2cccc(C#N)c2)C[C@@H]2CC[C@H]1N2C(=O)NC1CCCCC1. The van der Waals surface area contributed by atoms with Gasteiger partial charge >= 0.3 is 12.0 Å². The second-order valence-corrected chi connectivity index (χ2v) is 8.22. The van der Waals surface area contributed by atoms with E-state index in [1.807, 2.05) is 23.1 Å². The van der Waals surface area contributed by atoms with E-state index in [1.165, 1.54) is 13.5 Å². The van der Waals surface area contributed by atoms with Crippen LogP contribution in [0.1, 0.15) is 62.5 Å². The molecule has 0 aromatic heterocycles. The Morgan fingerprint density at radius 1 is 1.17 bits per heavy atom. The molecule has 1 saturated carbocycles. The Labute approximate surface area is 171 Å². The number of nitrogens with zero attached hydrogens (tertiary/aromatic N) is 2. The summed E-state index contributed by atoms with van der Waals surface area (Å²) in [5.41, 5.74) is 2.90. The lowest BCUT2D eigenvalue weighted by Crippen LogP contribution is -2.53. The predicted octanol–water partition coefficient (Wildman–Crippen LogP) is 3.76. The number of methoxy groups -OCH3 is 1. The summed E-state index contributed by atoms with van der Waals surface area (Å²) in [4.78, 5) is 27.7. The Kier molecular flexibility index (Phi) is 5.57. The monoisotopic (exact) mass is 393 g/mol. The third kappa shape index (κ3) is 3.74. The molecule has 1 aromatic carbocycles. The van der Waals surface area contributed by atoms with Crippen molar-refractivity contribution >= 4 is 17.6 Å². The van der Waals surface area contributed by atoms with Crippen LogP contribution in [0.15, 0.2) is 29.8 Å². The van der Waals surface area contributed by atoms with Crippen molar-refractivity contribution in [2.24, 2.45) is 0 Å². The highest BCUT2D eigenvalue weighted by Gasteiger charge is 2.46. The third-order valence-corrected chi connectivity index (χ3v) is 6.51. The maximum absolute atomic E-state index is 13.1. The van der Waals surface area contributed by atoms with E-state index < -0.39 is 0 Å². The Hall–Kier alpha value is -2.81. The molecule has 1 aromatic rings. The van der Waals surface area contributed by atoms with Crippen LogP contribution >= 0.6 is 0 Å². The standard InChI is InChI=1S/C23H27N3O3/c1-29-22(27)21-19(16-7-5-6-15(12-16)14-24)13-18-10-11-20(21)26(18)23(28)25-17-8-3-2-4-9-17/h5-7,12,17-18,20H,2-4,8-11,13H2,1H3,(H,25,28)/t18-,20+/m0/s1. The van der Waals surface area contributed by atoms with E-state index in [9.17, 15) is 14.9 Å². The van der Waals surface area contributed by atoms with Gasteiger partial charge in [0, 0.05) is 12.1 Å². The Balaban J connectivity index is 1.66. The number of hydrogen-bond acceptors (Lipinski definition) is 4. The van der Waals surface area contributed by atoms with Gasteiger partial charge < -0.3 is 15.0 Å². The summed E-state index contributed by atoms with van der Waals surface area (Å²) in [5.74, 6) is -0.386. The van der Waals surface area contributed by atoms with Gasteiger partial charge in [0.05, 0.1) is 30.4 Å². The highest BCUT2D eigenvalue weighted by atomic mass is 16.5. The molecule has 1 N–H and O–H groups in total. The molecule has 2 heterocycles. The largest absolute Gasteiger partial charge is 0.466 e. The van der Waals surface area contributed by atoms with Crippen molar-refractivity contribution in [3.05, 3.63) is 41.0 Å². The van der Waals surface area contributed by atoms with E-state index in [-0.39, 0.29) is 30.1 Å². The van der Waals surface area contributed by atoms with Crippen LogP contribution in [0.3, 0.4) is 0 Å². The van der Waals surface area contributed by atoms with Crippen LogP contribution in [-0.4, -0.2) is 42.1 Å². The van der Waals surface area contributed by atoms with E-state index in [0.717, 1.165) is 49.7 Å². The van der Waals surface area contributed by atoms with Crippen LogP contribution in [0.25, 0.3) is 5.57 Å². The Morgan fingerprint density at radius 3 is 2.69 bits per heavy atom. The first-order valence-electron chi connectivity index (χ1n) is 10.5. The molecular formula is C23H27N3O3. The van der Waals surface area contributed by atoms with E-state index in [0.29, 0.717) is 17.6 Å². The third-order valence-electron chi connectivity index (χ3n) is 6.51. The van der Waals surface area contributed by atoms with Gasteiger partial charge in [0.25, 0.3) is 0 Å². The first-order chi connectivity index (χ1) is 14.1. The number of esters is 1. The number of rotatable bonds is 3. The maximum Gasteiger partial charge on any atom is 0.336 e. The fraction of sp³-hybridized carbons (Fsp3) is 0.522. The zero-order chi connectivity index (χ0) is 20.4.